The summed E-state index contributed by atoms with van der Waals surface area (Å²) in [7, 11) is 0. The molecule has 2 aromatic carbocycles. The van der Waals surface area contributed by atoms with Crippen molar-refractivity contribution in [3.63, 3.8) is 0 Å². The highest BCUT2D eigenvalue weighted by molar-refractivity contribution is 5.84. The molecule has 0 spiro atoms. The van der Waals surface area contributed by atoms with Crippen LogP contribution in [-0.2, 0) is 11.2 Å². The molecule has 0 aliphatic heterocycles. The van der Waals surface area contributed by atoms with Crippen LogP contribution in [0.3, 0.4) is 0 Å². The van der Waals surface area contributed by atoms with Crippen LogP contribution in [0.4, 0.5) is 0 Å². The number of hydrogen-bond acceptors (Lipinski definition) is 3. The van der Waals surface area contributed by atoms with Crippen molar-refractivity contribution in [2.45, 2.75) is 13.3 Å². The molecule has 0 saturated heterocycles. The Hall–Kier alpha value is -2.88. The third-order valence-electron chi connectivity index (χ3n) is 3.45. The van der Waals surface area contributed by atoms with Crippen molar-refractivity contribution in [2.75, 3.05) is 0 Å². The first-order chi connectivity index (χ1) is 10.6. The number of benzene rings is 2. The summed E-state index contributed by atoms with van der Waals surface area (Å²) in [6.45, 7) is 1.38. The molecule has 0 atom stereocenters. The fraction of sp³-hybridized carbons (Fsp3) is 0.111. The highest BCUT2D eigenvalue weighted by Gasteiger charge is 2.06. The lowest BCUT2D eigenvalue weighted by Crippen LogP contribution is -2.07. The molecule has 1 N–H and O–H groups in total. The summed E-state index contributed by atoms with van der Waals surface area (Å²) < 4.78 is 5.10. The van der Waals surface area contributed by atoms with E-state index >= 15 is 0 Å². The van der Waals surface area contributed by atoms with Gasteiger partial charge in [-0.05, 0) is 41.1 Å². The minimum absolute atomic E-state index is 0.0898. The number of carbonyl (C=O) groups excluding carboxylic acids is 1. The van der Waals surface area contributed by atoms with E-state index in [9.17, 15) is 9.59 Å². The summed E-state index contributed by atoms with van der Waals surface area (Å²) in [4.78, 5) is 25.6. The number of fused-ring (bicyclic) bond motifs is 1. The molecule has 0 amide bonds. The Bertz CT molecular complexity index is 896. The molecule has 0 radical (unpaired) electrons. The fourth-order valence-corrected chi connectivity index (χ4v) is 2.52. The topological polar surface area (TPSA) is 59.2 Å². The van der Waals surface area contributed by atoms with Gasteiger partial charge in [0.25, 0.3) is 5.56 Å². The van der Waals surface area contributed by atoms with Crippen molar-refractivity contribution < 1.29 is 9.53 Å². The highest BCUT2D eigenvalue weighted by atomic mass is 16.5. The van der Waals surface area contributed by atoms with Gasteiger partial charge in [-0.25, -0.2) is 0 Å². The van der Waals surface area contributed by atoms with E-state index in [-0.39, 0.29) is 11.5 Å². The van der Waals surface area contributed by atoms with E-state index in [1.54, 1.807) is 12.3 Å². The Morgan fingerprint density at radius 2 is 1.86 bits per heavy atom. The fourth-order valence-electron chi connectivity index (χ4n) is 2.52. The van der Waals surface area contributed by atoms with Crippen molar-refractivity contribution in [3.8, 4) is 5.75 Å². The quantitative estimate of drug-likeness (QED) is 0.596. The molecule has 1 aromatic heterocycles. The number of ether oxygens (including phenoxy) is 1. The van der Waals surface area contributed by atoms with Gasteiger partial charge in [0.1, 0.15) is 5.75 Å². The largest absolute Gasteiger partial charge is 0.427 e. The molecule has 0 unspecified atom stereocenters. The standard InChI is InChI=1S/C18H15NO3/c1-12(20)22-15-6-4-5-13(10-15)9-14-11-19-18(21)17-8-3-2-7-16(14)17/h2-8,10-11H,9H2,1H3,(H,19,21). The van der Waals surface area contributed by atoms with Crippen molar-refractivity contribution in [3.05, 3.63) is 76.2 Å². The van der Waals surface area contributed by atoms with Crippen molar-refractivity contribution in [1.82, 2.24) is 4.98 Å². The zero-order chi connectivity index (χ0) is 15.5. The van der Waals surface area contributed by atoms with Gasteiger partial charge < -0.3 is 9.72 Å². The average molecular weight is 293 g/mol. The van der Waals surface area contributed by atoms with Gasteiger partial charge in [0, 0.05) is 18.5 Å². The third kappa shape index (κ3) is 2.91. The second-order valence-corrected chi connectivity index (χ2v) is 5.11. The Morgan fingerprint density at radius 3 is 2.64 bits per heavy atom. The maximum absolute atomic E-state index is 11.8. The lowest BCUT2D eigenvalue weighted by Gasteiger charge is -2.08. The Balaban J connectivity index is 1.99. The highest BCUT2D eigenvalue weighted by Crippen LogP contribution is 2.20. The smallest absolute Gasteiger partial charge is 0.308 e. The summed E-state index contributed by atoms with van der Waals surface area (Å²) in [6.07, 6.45) is 2.38. The zero-order valence-electron chi connectivity index (χ0n) is 12.1. The molecular formula is C18H15NO3. The molecule has 3 rings (SSSR count). The monoisotopic (exact) mass is 293 g/mol. The van der Waals surface area contributed by atoms with E-state index in [0.29, 0.717) is 17.6 Å². The number of H-pyrrole nitrogens is 1. The molecule has 0 bridgehead atoms. The number of aromatic amines is 1. The lowest BCUT2D eigenvalue weighted by molar-refractivity contribution is -0.131. The Labute approximate surface area is 127 Å². The van der Waals surface area contributed by atoms with Crippen LogP contribution >= 0.6 is 0 Å². The van der Waals surface area contributed by atoms with Crippen LogP contribution in [0.5, 0.6) is 5.75 Å². The summed E-state index contributed by atoms with van der Waals surface area (Å²) >= 11 is 0. The molecule has 0 saturated carbocycles. The first-order valence-corrected chi connectivity index (χ1v) is 7.00. The summed E-state index contributed by atoms with van der Waals surface area (Å²) in [5.74, 6) is 0.186. The molecular weight excluding hydrogens is 278 g/mol. The summed E-state index contributed by atoms with van der Waals surface area (Å²) in [5.41, 5.74) is 1.94. The van der Waals surface area contributed by atoms with Gasteiger partial charge in [0.2, 0.25) is 0 Å². The van der Waals surface area contributed by atoms with Gasteiger partial charge in [0.15, 0.2) is 0 Å². The molecule has 0 aliphatic rings. The van der Waals surface area contributed by atoms with Gasteiger partial charge in [-0.1, -0.05) is 30.3 Å². The number of aromatic nitrogens is 1. The number of nitrogens with one attached hydrogen (secondary N) is 1. The van der Waals surface area contributed by atoms with Crippen molar-refractivity contribution >= 4 is 16.7 Å². The van der Waals surface area contributed by atoms with Crippen LogP contribution in [0.25, 0.3) is 10.8 Å². The first kappa shape index (κ1) is 14.1. The zero-order valence-corrected chi connectivity index (χ0v) is 12.1. The molecule has 3 aromatic rings. The predicted octanol–water partition coefficient (Wildman–Crippen LogP) is 3.04. The van der Waals surface area contributed by atoms with Gasteiger partial charge in [-0.15, -0.1) is 0 Å². The second kappa shape index (κ2) is 5.85. The van der Waals surface area contributed by atoms with Crippen LogP contribution in [0.2, 0.25) is 0 Å². The minimum atomic E-state index is -0.341. The molecule has 0 aliphatic carbocycles. The molecule has 0 fully saturated rings. The minimum Gasteiger partial charge on any atom is -0.427 e. The SMILES string of the molecule is CC(=O)Oc1cccc(Cc2c[nH]c(=O)c3ccccc23)c1. The number of pyridine rings is 1. The van der Waals surface area contributed by atoms with Crippen LogP contribution in [0.15, 0.2) is 59.5 Å². The predicted molar refractivity (Wildman–Crippen MR) is 85.1 cm³/mol. The van der Waals surface area contributed by atoms with Gasteiger partial charge in [-0.2, -0.15) is 0 Å². The summed E-state index contributed by atoms with van der Waals surface area (Å²) in [6, 6.07) is 14.9. The molecule has 1 heterocycles. The molecule has 22 heavy (non-hydrogen) atoms. The normalized spacial score (nSPS) is 10.6. The number of carbonyl (C=O) groups is 1. The summed E-state index contributed by atoms with van der Waals surface area (Å²) in [5, 5.41) is 1.61. The molecule has 4 heteroatoms. The van der Waals surface area contributed by atoms with Gasteiger partial charge in [0.05, 0.1) is 0 Å². The van der Waals surface area contributed by atoms with E-state index in [2.05, 4.69) is 4.98 Å². The van der Waals surface area contributed by atoms with Crippen molar-refractivity contribution in [2.24, 2.45) is 0 Å². The lowest BCUT2D eigenvalue weighted by atomic mass is 10.0. The Kier molecular flexibility index (Phi) is 3.74. The molecule has 4 nitrogen and oxygen atoms in total. The van der Waals surface area contributed by atoms with E-state index in [0.717, 1.165) is 16.5 Å². The molecule has 110 valence electrons. The number of rotatable bonds is 3. The number of esters is 1. The van der Waals surface area contributed by atoms with Gasteiger partial charge >= 0.3 is 5.97 Å². The Morgan fingerprint density at radius 1 is 1.09 bits per heavy atom. The number of hydrogen-bond donors (Lipinski definition) is 1. The van der Waals surface area contributed by atoms with Gasteiger partial charge in [-0.3, -0.25) is 9.59 Å². The van der Waals surface area contributed by atoms with E-state index in [1.807, 2.05) is 42.5 Å². The van der Waals surface area contributed by atoms with E-state index in [4.69, 9.17) is 4.74 Å². The maximum atomic E-state index is 11.8. The second-order valence-electron chi connectivity index (χ2n) is 5.11. The van der Waals surface area contributed by atoms with E-state index in [1.165, 1.54) is 6.92 Å². The van der Waals surface area contributed by atoms with Crippen molar-refractivity contribution in [1.29, 1.82) is 0 Å². The van der Waals surface area contributed by atoms with Crippen LogP contribution in [-0.4, -0.2) is 11.0 Å². The van der Waals surface area contributed by atoms with Crippen LogP contribution in [0, 0.1) is 0 Å². The first-order valence-electron chi connectivity index (χ1n) is 7.00. The third-order valence-corrected chi connectivity index (χ3v) is 3.45. The van der Waals surface area contributed by atoms with E-state index < -0.39 is 0 Å². The average Bonchev–Trinajstić information content (AvgIpc) is 2.50. The maximum Gasteiger partial charge on any atom is 0.308 e. The van der Waals surface area contributed by atoms with Crippen LogP contribution in [0.1, 0.15) is 18.1 Å². The van der Waals surface area contributed by atoms with Crippen LogP contribution < -0.4 is 10.3 Å².